The molecule has 1 aromatic heterocycles. The van der Waals surface area contributed by atoms with Crippen molar-refractivity contribution in [1.29, 1.82) is 0 Å². The third kappa shape index (κ3) is 7.65. The first-order valence-corrected chi connectivity index (χ1v) is 12.6. The van der Waals surface area contributed by atoms with E-state index in [4.69, 9.17) is 4.74 Å². The molecule has 0 unspecified atom stereocenters. The van der Waals surface area contributed by atoms with E-state index in [2.05, 4.69) is 13.8 Å². The number of methoxy groups -OCH3 is 1. The average Bonchev–Trinajstić information content (AvgIpc) is 3.28. The van der Waals surface area contributed by atoms with Gasteiger partial charge in [-0.15, -0.1) is 11.3 Å². The molecule has 0 saturated carbocycles. The summed E-state index contributed by atoms with van der Waals surface area (Å²) in [5.41, 5.74) is 1.35. The van der Waals surface area contributed by atoms with E-state index < -0.39 is 0 Å². The van der Waals surface area contributed by atoms with Crippen LogP contribution in [-0.2, 0) is 17.9 Å². The fourth-order valence-electron chi connectivity index (χ4n) is 3.70. The molecule has 3 rings (SSSR count). The Hall–Kier alpha value is -3.19. The van der Waals surface area contributed by atoms with Gasteiger partial charge in [-0.3, -0.25) is 9.59 Å². The van der Waals surface area contributed by atoms with Gasteiger partial charge in [-0.1, -0.05) is 32.4 Å². The minimum Gasteiger partial charge on any atom is -0.497 e. The first-order chi connectivity index (χ1) is 16.8. The lowest BCUT2D eigenvalue weighted by Gasteiger charge is -2.29. The molecule has 0 aliphatic rings. The van der Waals surface area contributed by atoms with Crippen LogP contribution in [-0.4, -0.2) is 41.8 Å². The maximum absolute atomic E-state index is 13.6. The summed E-state index contributed by atoms with van der Waals surface area (Å²) in [4.78, 5) is 32.6. The van der Waals surface area contributed by atoms with Crippen LogP contribution in [0.15, 0.2) is 60.7 Å². The molecule has 0 bridgehead atoms. The zero-order chi connectivity index (χ0) is 25.4. The Balaban J connectivity index is 1.83. The molecule has 0 N–H and O–H groups in total. The summed E-state index contributed by atoms with van der Waals surface area (Å²) in [6.45, 7) is 7.40. The minimum absolute atomic E-state index is 0.0270. The van der Waals surface area contributed by atoms with Crippen LogP contribution < -0.4 is 4.74 Å². The Bertz CT molecular complexity index is 1110. The van der Waals surface area contributed by atoms with E-state index >= 15 is 0 Å². The lowest BCUT2D eigenvalue weighted by molar-refractivity contribution is -0.133. The monoisotopic (exact) mass is 496 g/mol. The molecule has 0 aliphatic heterocycles. The summed E-state index contributed by atoms with van der Waals surface area (Å²) >= 11 is 1.64. The van der Waals surface area contributed by atoms with Crippen LogP contribution in [0.5, 0.6) is 5.75 Å². The third-order valence-corrected chi connectivity index (χ3v) is 6.95. The van der Waals surface area contributed by atoms with E-state index in [1.807, 2.05) is 19.1 Å². The van der Waals surface area contributed by atoms with Gasteiger partial charge in [-0.05, 0) is 66.9 Å². The normalized spacial score (nSPS) is 11.7. The van der Waals surface area contributed by atoms with Gasteiger partial charge in [0.05, 0.1) is 13.7 Å². The van der Waals surface area contributed by atoms with E-state index in [-0.39, 0.29) is 30.1 Å². The van der Waals surface area contributed by atoms with Crippen molar-refractivity contribution in [1.82, 2.24) is 9.80 Å². The fraction of sp³-hybridized carbons (Fsp3) is 0.357. The largest absolute Gasteiger partial charge is 0.497 e. The summed E-state index contributed by atoms with van der Waals surface area (Å²) in [5, 5.41) is 0. The predicted molar refractivity (Wildman–Crippen MR) is 138 cm³/mol. The van der Waals surface area contributed by atoms with Crippen LogP contribution in [0.4, 0.5) is 4.39 Å². The molecule has 0 fully saturated rings. The van der Waals surface area contributed by atoms with Crippen molar-refractivity contribution >= 4 is 23.2 Å². The summed E-state index contributed by atoms with van der Waals surface area (Å²) in [5.74, 6) is 0.268. The Kier molecular flexibility index (Phi) is 9.43. The van der Waals surface area contributed by atoms with Crippen molar-refractivity contribution in [2.24, 2.45) is 5.92 Å². The fourth-order valence-corrected chi connectivity index (χ4v) is 4.61. The van der Waals surface area contributed by atoms with Crippen molar-refractivity contribution in [3.63, 3.8) is 0 Å². The molecular formula is C28H33FN2O3S. The van der Waals surface area contributed by atoms with Gasteiger partial charge in [0.15, 0.2) is 0 Å². The Morgan fingerprint density at radius 2 is 1.66 bits per heavy atom. The first-order valence-electron chi connectivity index (χ1n) is 11.8. The van der Waals surface area contributed by atoms with Gasteiger partial charge < -0.3 is 14.5 Å². The summed E-state index contributed by atoms with van der Waals surface area (Å²) < 4.78 is 18.6. The van der Waals surface area contributed by atoms with Crippen molar-refractivity contribution in [2.45, 2.75) is 40.3 Å². The van der Waals surface area contributed by atoms with E-state index in [9.17, 15) is 14.0 Å². The van der Waals surface area contributed by atoms with Crippen molar-refractivity contribution in [2.75, 3.05) is 20.2 Å². The first kappa shape index (κ1) is 26.4. The van der Waals surface area contributed by atoms with E-state index in [0.29, 0.717) is 30.9 Å². The molecule has 2 aromatic carbocycles. The van der Waals surface area contributed by atoms with Crippen molar-refractivity contribution < 1.29 is 18.7 Å². The quantitative estimate of drug-likeness (QED) is 0.331. The Morgan fingerprint density at radius 3 is 2.23 bits per heavy atom. The number of halogens is 1. The molecule has 3 aromatic rings. The van der Waals surface area contributed by atoms with Gasteiger partial charge in [0, 0.05) is 28.4 Å². The molecular weight excluding hydrogens is 463 g/mol. The van der Waals surface area contributed by atoms with Crippen LogP contribution in [0.25, 0.3) is 0 Å². The number of amides is 2. The van der Waals surface area contributed by atoms with E-state index in [0.717, 1.165) is 16.9 Å². The molecule has 0 spiro atoms. The average molecular weight is 497 g/mol. The second kappa shape index (κ2) is 12.5. The molecule has 0 aliphatic carbocycles. The van der Waals surface area contributed by atoms with Gasteiger partial charge in [-0.25, -0.2) is 4.39 Å². The molecule has 1 atom stereocenters. The highest BCUT2D eigenvalue weighted by molar-refractivity contribution is 7.11. The van der Waals surface area contributed by atoms with Crippen LogP contribution in [0, 0.1) is 18.7 Å². The predicted octanol–water partition coefficient (Wildman–Crippen LogP) is 5.92. The number of carbonyl (C=O) groups is 2. The minimum atomic E-state index is -0.315. The van der Waals surface area contributed by atoms with Crippen LogP contribution in [0.3, 0.4) is 0 Å². The van der Waals surface area contributed by atoms with Crippen LogP contribution in [0.2, 0.25) is 0 Å². The molecule has 0 saturated heterocycles. The third-order valence-electron chi connectivity index (χ3n) is 5.96. The number of thiophene rings is 1. The van der Waals surface area contributed by atoms with Gasteiger partial charge >= 0.3 is 0 Å². The number of benzene rings is 2. The molecule has 7 heteroatoms. The van der Waals surface area contributed by atoms with Crippen molar-refractivity contribution in [3.05, 3.63) is 87.4 Å². The maximum atomic E-state index is 13.6. The van der Waals surface area contributed by atoms with Crippen LogP contribution in [0.1, 0.15) is 45.9 Å². The highest BCUT2D eigenvalue weighted by Crippen LogP contribution is 2.20. The topological polar surface area (TPSA) is 49.9 Å². The number of aryl methyl sites for hydroxylation is 1. The molecule has 186 valence electrons. The zero-order valence-corrected chi connectivity index (χ0v) is 21.6. The van der Waals surface area contributed by atoms with E-state index in [1.54, 1.807) is 64.6 Å². The number of ether oxygens (including phenoxy) is 1. The van der Waals surface area contributed by atoms with Crippen LogP contribution >= 0.6 is 11.3 Å². The van der Waals surface area contributed by atoms with Gasteiger partial charge in [0.25, 0.3) is 5.91 Å². The van der Waals surface area contributed by atoms with Gasteiger partial charge in [0.2, 0.25) is 5.91 Å². The number of hydrogen-bond donors (Lipinski definition) is 0. The summed E-state index contributed by atoms with van der Waals surface area (Å²) in [6.07, 6.45) is 0.897. The lowest BCUT2D eigenvalue weighted by atomic mass is 10.1. The smallest absolute Gasteiger partial charge is 0.254 e. The maximum Gasteiger partial charge on any atom is 0.254 e. The SMILES string of the molecule is CC[C@@H](C)CN(CC(=O)N(Cc1ccc(F)cc1)Cc1ccc(C)s1)C(=O)c1ccc(OC)cc1. The second-order valence-electron chi connectivity index (χ2n) is 8.82. The van der Waals surface area contributed by atoms with Gasteiger partial charge in [-0.2, -0.15) is 0 Å². The second-order valence-corrected chi connectivity index (χ2v) is 10.2. The lowest BCUT2D eigenvalue weighted by Crippen LogP contribution is -2.44. The Morgan fingerprint density at radius 1 is 0.971 bits per heavy atom. The highest BCUT2D eigenvalue weighted by atomic mass is 32.1. The summed E-state index contributed by atoms with van der Waals surface area (Å²) in [6, 6.07) is 17.2. The zero-order valence-electron chi connectivity index (χ0n) is 20.8. The highest BCUT2D eigenvalue weighted by Gasteiger charge is 2.24. The molecule has 2 amide bonds. The number of carbonyl (C=O) groups excluding carboxylic acids is 2. The molecule has 0 radical (unpaired) electrons. The van der Waals surface area contributed by atoms with Crippen molar-refractivity contribution in [3.8, 4) is 5.75 Å². The molecule has 5 nitrogen and oxygen atoms in total. The molecule has 35 heavy (non-hydrogen) atoms. The number of rotatable bonds is 11. The Labute approximate surface area is 211 Å². The van der Waals surface area contributed by atoms with Gasteiger partial charge in [0.1, 0.15) is 18.1 Å². The molecule has 1 heterocycles. The number of hydrogen-bond acceptors (Lipinski definition) is 4. The van der Waals surface area contributed by atoms with E-state index in [1.165, 1.54) is 17.0 Å². The standard InChI is InChI=1S/C28H33FN2O3S/c1-5-20(2)16-31(28(33)23-9-13-25(34-4)14-10-23)19-27(32)30(18-26-15-6-21(3)35-26)17-22-7-11-24(29)12-8-22/h6-15,20H,5,16-19H2,1-4H3/t20-/m1/s1. The summed E-state index contributed by atoms with van der Waals surface area (Å²) in [7, 11) is 1.58. The number of nitrogens with zero attached hydrogens (tertiary/aromatic N) is 2.